The molecule has 0 saturated carbocycles. The summed E-state index contributed by atoms with van der Waals surface area (Å²) in [4.78, 5) is 35.2. The molecule has 0 radical (unpaired) electrons. The first-order valence-electron chi connectivity index (χ1n) is 9.02. The molecule has 1 aliphatic heterocycles. The number of piperidine rings is 1. The van der Waals surface area contributed by atoms with Crippen molar-refractivity contribution in [3.05, 3.63) is 36.4 Å². The lowest BCUT2D eigenvalue weighted by molar-refractivity contribution is -0.139. The van der Waals surface area contributed by atoms with Crippen molar-refractivity contribution in [1.29, 1.82) is 0 Å². The minimum Gasteiger partial charge on any atom is -0.354 e. The van der Waals surface area contributed by atoms with Crippen LogP contribution in [-0.2, 0) is 23.2 Å². The predicted octanol–water partition coefficient (Wildman–Crippen LogP) is 1.04. The van der Waals surface area contributed by atoms with E-state index in [2.05, 4.69) is 15.3 Å². The van der Waals surface area contributed by atoms with E-state index in [0.717, 1.165) is 18.1 Å². The molecule has 2 atom stereocenters. The first kappa shape index (κ1) is 18.2. The monoisotopic (exact) mass is 358 g/mol. The number of amides is 2. The van der Waals surface area contributed by atoms with Crippen molar-refractivity contribution in [2.45, 2.75) is 39.3 Å². The van der Waals surface area contributed by atoms with Crippen molar-refractivity contribution in [3.8, 4) is 0 Å². The van der Waals surface area contributed by atoms with Crippen LogP contribution in [0.15, 0.2) is 24.8 Å². The van der Waals surface area contributed by atoms with Gasteiger partial charge in [-0.05, 0) is 20.3 Å². The van der Waals surface area contributed by atoms with Gasteiger partial charge < -0.3 is 19.4 Å². The van der Waals surface area contributed by atoms with Crippen molar-refractivity contribution in [2.24, 2.45) is 13.0 Å². The normalized spacial score (nSPS) is 20.4. The smallest absolute Gasteiger partial charge is 0.239 e. The summed E-state index contributed by atoms with van der Waals surface area (Å²) in [5.74, 6) is 1.92. The van der Waals surface area contributed by atoms with Gasteiger partial charge in [-0.2, -0.15) is 0 Å². The van der Waals surface area contributed by atoms with Crippen molar-refractivity contribution in [2.75, 3.05) is 13.1 Å². The average Bonchev–Trinajstić information content (AvgIpc) is 3.22. The molecule has 1 fully saturated rings. The van der Waals surface area contributed by atoms with Crippen LogP contribution in [0.1, 0.15) is 37.5 Å². The third kappa shape index (κ3) is 3.63. The Morgan fingerprint density at radius 2 is 2.08 bits per heavy atom. The van der Waals surface area contributed by atoms with Crippen LogP contribution in [0.25, 0.3) is 0 Å². The van der Waals surface area contributed by atoms with E-state index in [1.807, 2.05) is 41.1 Å². The lowest BCUT2D eigenvalue weighted by Gasteiger charge is -2.40. The fraction of sp³-hybridized carbons (Fsp3) is 0.556. The van der Waals surface area contributed by atoms with E-state index in [9.17, 15) is 9.59 Å². The van der Waals surface area contributed by atoms with Gasteiger partial charge in [0, 0.05) is 57.3 Å². The van der Waals surface area contributed by atoms with Gasteiger partial charge in [0.25, 0.3) is 0 Å². The van der Waals surface area contributed by atoms with E-state index in [1.165, 1.54) is 0 Å². The van der Waals surface area contributed by atoms with Crippen LogP contribution >= 0.6 is 0 Å². The summed E-state index contributed by atoms with van der Waals surface area (Å²) in [6.45, 7) is 5.26. The largest absolute Gasteiger partial charge is 0.354 e. The minimum atomic E-state index is -0.114. The number of aromatic nitrogens is 4. The van der Waals surface area contributed by atoms with Crippen molar-refractivity contribution < 1.29 is 9.59 Å². The van der Waals surface area contributed by atoms with Crippen molar-refractivity contribution >= 4 is 11.8 Å². The van der Waals surface area contributed by atoms with Crippen LogP contribution in [0.4, 0.5) is 0 Å². The van der Waals surface area contributed by atoms with Gasteiger partial charge in [-0.3, -0.25) is 9.59 Å². The molecule has 0 aromatic carbocycles. The first-order valence-corrected chi connectivity index (χ1v) is 9.02. The fourth-order valence-corrected chi connectivity index (χ4v) is 3.65. The fourth-order valence-electron chi connectivity index (χ4n) is 3.65. The SMILES string of the molecule is CCN1C(=O)CC[C@H](CNC(=O)Cn2ccnc2C)[C@H]1c1nccn1C. The topological polar surface area (TPSA) is 85.1 Å². The maximum absolute atomic E-state index is 12.4. The molecule has 8 nitrogen and oxygen atoms in total. The highest BCUT2D eigenvalue weighted by Crippen LogP contribution is 2.35. The summed E-state index contributed by atoms with van der Waals surface area (Å²) in [6, 6.07) is -0.114. The second-order valence-electron chi connectivity index (χ2n) is 6.73. The molecule has 0 unspecified atom stereocenters. The Morgan fingerprint density at radius 1 is 1.31 bits per heavy atom. The molecule has 1 aliphatic rings. The first-order chi connectivity index (χ1) is 12.5. The van der Waals surface area contributed by atoms with Gasteiger partial charge in [-0.15, -0.1) is 0 Å². The number of nitrogens with zero attached hydrogens (tertiary/aromatic N) is 5. The van der Waals surface area contributed by atoms with Gasteiger partial charge in [0.05, 0.1) is 6.04 Å². The van der Waals surface area contributed by atoms with Crippen LogP contribution in [0.3, 0.4) is 0 Å². The highest BCUT2D eigenvalue weighted by atomic mass is 16.2. The third-order valence-electron chi connectivity index (χ3n) is 5.09. The summed E-state index contributed by atoms with van der Waals surface area (Å²) in [6.07, 6.45) is 8.38. The molecule has 26 heavy (non-hydrogen) atoms. The Bertz CT molecular complexity index is 780. The van der Waals surface area contributed by atoms with Crippen molar-refractivity contribution in [1.82, 2.24) is 29.3 Å². The lowest BCUT2D eigenvalue weighted by atomic mass is 9.87. The number of aryl methyl sites for hydroxylation is 2. The minimum absolute atomic E-state index is 0.0513. The summed E-state index contributed by atoms with van der Waals surface area (Å²) < 4.78 is 3.77. The molecular formula is C18H26N6O2. The molecule has 2 aromatic heterocycles. The van der Waals surface area contributed by atoms with Gasteiger partial charge in [0.15, 0.2) is 0 Å². The van der Waals surface area contributed by atoms with Gasteiger partial charge in [0.1, 0.15) is 18.2 Å². The molecule has 2 amide bonds. The predicted molar refractivity (Wildman–Crippen MR) is 96.0 cm³/mol. The van der Waals surface area contributed by atoms with E-state index in [-0.39, 0.29) is 30.3 Å². The van der Waals surface area contributed by atoms with E-state index in [1.54, 1.807) is 18.6 Å². The zero-order chi connectivity index (χ0) is 18.7. The van der Waals surface area contributed by atoms with Gasteiger partial charge >= 0.3 is 0 Å². The molecular weight excluding hydrogens is 332 g/mol. The molecule has 3 rings (SSSR count). The van der Waals surface area contributed by atoms with E-state index in [4.69, 9.17) is 0 Å². The number of carbonyl (C=O) groups is 2. The Kier molecular flexibility index (Phi) is 5.39. The zero-order valence-corrected chi connectivity index (χ0v) is 15.6. The van der Waals surface area contributed by atoms with Gasteiger partial charge in [0.2, 0.25) is 11.8 Å². The number of rotatable bonds is 6. The summed E-state index contributed by atoms with van der Waals surface area (Å²) >= 11 is 0. The van der Waals surface area contributed by atoms with E-state index >= 15 is 0 Å². The number of imidazole rings is 2. The highest BCUT2D eigenvalue weighted by Gasteiger charge is 2.38. The summed E-state index contributed by atoms with van der Waals surface area (Å²) in [5.41, 5.74) is 0. The maximum Gasteiger partial charge on any atom is 0.239 e. The second-order valence-corrected chi connectivity index (χ2v) is 6.73. The van der Waals surface area contributed by atoms with Crippen LogP contribution in [0.2, 0.25) is 0 Å². The molecule has 0 bridgehead atoms. The maximum atomic E-state index is 12.4. The van der Waals surface area contributed by atoms with Crippen LogP contribution in [0.5, 0.6) is 0 Å². The Morgan fingerprint density at radius 3 is 2.69 bits per heavy atom. The number of carbonyl (C=O) groups excluding carboxylic acids is 2. The third-order valence-corrected chi connectivity index (χ3v) is 5.09. The molecule has 1 N–H and O–H groups in total. The summed E-state index contributed by atoms with van der Waals surface area (Å²) in [7, 11) is 1.94. The number of hydrogen-bond acceptors (Lipinski definition) is 4. The molecule has 1 saturated heterocycles. The zero-order valence-electron chi connectivity index (χ0n) is 15.6. The second kappa shape index (κ2) is 7.72. The van der Waals surface area contributed by atoms with Crippen LogP contribution < -0.4 is 5.32 Å². The van der Waals surface area contributed by atoms with Crippen molar-refractivity contribution in [3.63, 3.8) is 0 Å². The summed E-state index contributed by atoms with van der Waals surface area (Å²) in [5, 5.41) is 3.03. The molecule has 0 spiro atoms. The standard InChI is InChI=1S/C18H26N6O2/c1-4-24-16(26)6-5-14(17(24)18-20-7-9-22(18)3)11-21-15(25)12-23-10-8-19-13(23)2/h7-10,14,17H,4-6,11-12H2,1-3H3,(H,21,25)/t14-,17+/m1/s1. The van der Waals surface area contributed by atoms with Crippen LogP contribution in [0, 0.1) is 12.8 Å². The van der Waals surface area contributed by atoms with E-state index < -0.39 is 0 Å². The van der Waals surface area contributed by atoms with E-state index in [0.29, 0.717) is 19.5 Å². The average molecular weight is 358 g/mol. The molecule has 2 aromatic rings. The van der Waals surface area contributed by atoms with Gasteiger partial charge in [-0.25, -0.2) is 9.97 Å². The quantitative estimate of drug-likeness (QED) is 0.836. The Hall–Kier alpha value is -2.64. The number of hydrogen-bond donors (Lipinski definition) is 1. The molecule has 0 aliphatic carbocycles. The number of nitrogens with one attached hydrogen (secondary N) is 1. The lowest BCUT2D eigenvalue weighted by Crippen LogP contribution is -2.47. The Labute approximate surface area is 153 Å². The van der Waals surface area contributed by atoms with Gasteiger partial charge in [-0.1, -0.05) is 0 Å². The number of likely N-dealkylation sites (tertiary alicyclic amines) is 1. The Balaban J connectivity index is 1.70. The molecule has 8 heteroatoms. The molecule has 3 heterocycles. The highest BCUT2D eigenvalue weighted by molar-refractivity contribution is 5.78. The van der Waals surface area contributed by atoms with Crippen LogP contribution in [-0.4, -0.2) is 48.9 Å². The molecule has 140 valence electrons.